The van der Waals surface area contributed by atoms with E-state index >= 15 is 0 Å². The Morgan fingerprint density at radius 3 is 2.00 bits per heavy atom. The van der Waals surface area contributed by atoms with Crippen LogP contribution in [0, 0.1) is 0 Å². The van der Waals surface area contributed by atoms with Gasteiger partial charge in [-0.05, 0) is 73.9 Å². The number of rotatable bonds is 18. The van der Waals surface area contributed by atoms with Crippen LogP contribution in [-0.4, -0.2) is 23.0 Å². The molecule has 0 bridgehead atoms. The molecule has 6 heteroatoms. The summed E-state index contributed by atoms with van der Waals surface area (Å²) in [5, 5.41) is 15.3. The molecule has 0 aliphatic carbocycles. The number of carboxylic acid groups (broad SMARTS) is 1. The number of ether oxygens (including phenoxy) is 1. The van der Waals surface area contributed by atoms with E-state index in [0.717, 1.165) is 12.1 Å². The van der Waals surface area contributed by atoms with Crippen LogP contribution < -0.4 is 15.4 Å². The number of nitrogens with one attached hydrogen (secondary N) is 2. The number of hydrogen-bond donors (Lipinski definition) is 3. The Labute approximate surface area is 239 Å². The average molecular weight is 545 g/mol. The number of aryl methyl sites for hydroxylation is 1. The van der Waals surface area contributed by atoms with Gasteiger partial charge in [-0.25, -0.2) is 4.79 Å². The number of anilines is 2. The van der Waals surface area contributed by atoms with E-state index in [2.05, 4.69) is 29.7 Å². The predicted molar refractivity (Wildman–Crippen MR) is 164 cm³/mol. The lowest BCUT2D eigenvalue weighted by Crippen LogP contribution is -2.32. The van der Waals surface area contributed by atoms with Crippen molar-refractivity contribution in [2.24, 2.45) is 0 Å². The van der Waals surface area contributed by atoms with Gasteiger partial charge in [0, 0.05) is 5.69 Å². The highest BCUT2D eigenvalue weighted by Crippen LogP contribution is 2.30. The molecule has 214 valence electrons. The minimum Gasteiger partial charge on any atom is -0.478 e. The summed E-state index contributed by atoms with van der Waals surface area (Å²) in [5.41, 5.74) is 2.93. The average Bonchev–Trinajstić information content (AvgIpc) is 2.96. The number of carbonyl (C=O) groups is 2. The molecule has 0 fully saturated rings. The van der Waals surface area contributed by atoms with Gasteiger partial charge >= 0.3 is 5.97 Å². The Balaban J connectivity index is 1.40. The van der Waals surface area contributed by atoms with Crippen LogP contribution in [0.3, 0.4) is 0 Å². The fourth-order valence-corrected chi connectivity index (χ4v) is 4.59. The molecule has 0 aromatic heterocycles. The van der Waals surface area contributed by atoms with Crippen LogP contribution in [0.5, 0.6) is 11.5 Å². The van der Waals surface area contributed by atoms with Crippen molar-refractivity contribution in [2.45, 2.75) is 90.5 Å². The standard InChI is InChI=1S/C34H44N2O4/c1-3-4-5-6-7-8-9-10-11-12-15-27-18-22-29(23-19-27)36-33(37)26(2)35-31-16-13-14-17-32(31)40-30-24-20-28(21-25-30)34(38)39/h13-14,16-26,35H,3-12,15H2,1-2H3,(H,36,37)(H,38,39). The van der Waals surface area contributed by atoms with Crippen LogP contribution >= 0.6 is 0 Å². The zero-order valence-electron chi connectivity index (χ0n) is 24.0. The molecule has 0 aliphatic rings. The van der Waals surface area contributed by atoms with Crippen molar-refractivity contribution >= 4 is 23.3 Å². The highest BCUT2D eigenvalue weighted by Gasteiger charge is 2.15. The second-order valence-electron chi connectivity index (χ2n) is 10.4. The summed E-state index contributed by atoms with van der Waals surface area (Å²) in [7, 11) is 0. The normalized spacial score (nSPS) is 11.6. The second kappa shape index (κ2) is 17.0. The summed E-state index contributed by atoms with van der Waals surface area (Å²) in [6, 6.07) is 21.2. The number of carboxylic acids is 1. The van der Waals surface area contributed by atoms with Crippen molar-refractivity contribution < 1.29 is 19.4 Å². The van der Waals surface area contributed by atoms with Crippen LogP contribution in [0.4, 0.5) is 11.4 Å². The minimum absolute atomic E-state index is 0.150. The molecule has 3 aromatic carbocycles. The first kappa shape index (κ1) is 30.7. The maximum absolute atomic E-state index is 12.9. The molecule has 6 nitrogen and oxygen atoms in total. The Hall–Kier alpha value is -3.80. The summed E-state index contributed by atoms with van der Waals surface area (Å²) < 4.78 is 5.95. The number of aromatic carboxylic acids is 1. The number of para-hydroxylation sites is 2. The van der Waals surface area contributed by atoms with Gasteiger partial charge < -0.3 is 20.5 Å². The highest BCUT2D eigenvalue weighted by atomic mass is 16.5. The summed E-state index contributed by atoms with van der Waals surface area (Å²) in [5.74, 6) is -0.0870. The molecule has 0 saturated heterocycles. The van der Waals surface area contributed by atoms with Gasteiger partial charge in [-0.3, -0.25) is 4.79 Å². The number of carbonyl (C=O) groups excluding carboxylic acids is 1. The van der Waals surface area contributed by atoms with Gasteiger partial charge in [0.25, 0.3) is 0 Å². The largest absolute Gasteiger partial charge is 0.478 e. The zero-order chi connectivity index (χ0) is 28.6. The third kappa shape index (κ3) is 10.8. The summed E-state index contributed by atoms with van der Waals surface area (Å²) >= 11 is 0. The molecule has 3 aromatic rings. The second-order valence-corrected chi connectivity index (χ2v) is 10.4. The number of benzene rings is 3. The van der Waals surface area contributed by atoms with Gasteiger partial charge in [0.2, 0.25) is 5.91 Å². The third-order valence-electron chi connectivity index (χ3n) is 7.02. The van der Waals surface area contributed by atoms with E-state index in [-0.39, 0.29) is 11.5 Å². The first-order valence-electron chi connectivity index (χ1n) is 14.7. The van der Waals surface area contributed by atoms with Crippen molar-refractivity contribution in [3.8, 4) is 11.5 Å². The molecular formula is C34H44N2O4. The van der Waals surface area contributed by atoms with E-state index in [1.807, 2.05) is 30.3 Å². The highest BCUT2D eigenvalue weighted by molar-refractivity contribution is 5.96. The van der Waals surface area contributed by atoms with Gasteiger partial charge in [0.1, 0.15) is 11.8 Å². The van der Waals surface area contributed by atoms with E-state index < -0.39 is 12.0 Å². The van der Waals surface area contributed by atoms with Gasteiger partial charge in [-0.1, -0.05) is 89.0 Å². The summed E-state index contributed by atoms with van der Waals surface area (Å²) in [6.45, 7) is 4.06. The molecule has 0 heterocycles. The molecule has 1 amide bonds. The van der Waals surface area contributed by atoms with E-state index in [4.69, 9.17) is 9.84 Å². The number of amides is 1. The van der Waals surface area contributed by atoms with Crippen LogP contribution in [-0.2, 0) is 11.2 Å². The minimum atomic E-state index is -0.989. The topological polar surface area (TPSA) is 87.7 Å². The molecule has 40 heavy (non-hydrogen) atoms. The Morgan fingerprint density at radius 1 is 0.775 bits per heavy atom. The van der Waals surface area contributed by atoms with E-state index in [9.17, 15) is 9.59 Å². The lowest BCUT2D eigenvalue weighted by atomic mass is 10.0. The molecule has 0 aliphatic heterocycles. The van der Waals surface area contributed by atoms with Gasteiger partial charge in [-0.15, -0.1) is 0 Å². The van der Waals surface area contributed by atoms with E-state index in [1.165, 1.54) is 81.9 Å². The Morgan fingerprint density at radius 2 is 1.38 bits per heavy atom. The summed E-state index contributed by atoms with van der Waals surface area (Å²) in [4.78, 5) is 24.0. The zero-order valence-corrected chi connectivity index (χ0v) is 24.0. The monoisotopic (exact) mass is 544 g/mol. The Bertz CT molecular complexity index is 1180. The molecule has 0 spiro atoms. The lowest BCUT2D eigenvalue weighted by molar-refractivity contribution is -0.116. The number of hydrogen-bond acceptors (Lipinski definition) is 4. The fraction of sp³-hybridized carbons (Fsp3) is 0.412. The smallest absolute Gasteiger partial charge is 0.335 e. The van der Waals surface area contributed by atoms with Gasteiger partial charge in [0.05, 0.1) is 11.3 Å². The fourth-order valence-electron chi connectivity index (χ4n) is 4.59. The SMILES string of the molecule is CCCCCCCCCCCCc1ccc(NC(=O)C(C)Nc2ccccc2Oc2ccc(C(=O)O)cc2)cc1. The summed E-state index contributed by atoms with van der Waals surface area (Å²) in [6.07, 6.45) is 14.4. The van der Waals surface area contributed by atoms with Crippen molar-refractivity contribution in [2.75, 3.05) is 10.6 Å². The van der Waals surface area contributed by atoms with Crippen LogP contribution in [0.25, 0.3) is 0 Å². The molecule has 0 saturated carbocycles. The number of unbranched alkanes of at least 4 members (excludes halogenated alkanes) is 9. The third-order valence-corrected chi connectivity index (χ3v) is 7.02. The first-order valence-corrected chi connectivity index (χ1v) is 14.7. The molecule has 3 N–H and O–H groups in total. The molecule has 1 atom stereocenters. The molecule has 0 radical (unpaired) electrons. The predicted octanol–water partition coefficient (Wildman–Crippen LogP) is 9.08. The van der Waals surface area contributed by atoms with E-state index in [0.29, 0.717) is 17.2 Å². The Kier molecular flexibility index (Phi) is 13.1. The molecule has 1 unspecified atom stereocenters. The molecule has 3 rings (SSSR count). The van der Waals surface area contributed by atoms with Crippen molar-refractivity contribution in [3.05, 3.63) is 83.9 Å². The van der Waals surface area contributed by atoms with E-state index in [1.54, 1.807) is 25.1 Å². The van der Waals surface area contributed by atoms with Crippen LogP contribution in [0.15, 0.2) is 72.8 Å². The maximum Gasteiger partial charge on any atom is 0.335 e. The first-order chi connectivity index (χ1) is 19.5. The van der Waals surface area contributed by atoms with Crippen LogP contribution in [0.1, 0.15) is 94.0 Å². The maximum atomic E-state index is 12.9. The van der Waals surface area contributed by atoms with Crippen molar-refractivity contribution in [1.82, 2.24) is 0 Å². The van der Waals surface area contributed by atoms with Crippen molar-refractivity contribution in [1.29, 1.82) is 0 Å². The molecular weight excluding hydrogens is 500 g/mol. The quantitative estimate of drug-likeness (QED) is 0.139. The van der Waals surface area contributed by atoms with Gasteiger partial charge in [-0.2, -0.15) is 0 Å². The van der Waals surface area contributed by atoms with Crippen molar-refractivity contribution in [3.63, 3.8) is 0 Å². The lowest BCUT2D eigenvalue weighted by Gasteiger charge is -2.18. The van der Waals surface area contributed by atoms with Crippen LogP contribution in [0.2, 0.25) is 0 Å². The van der Waals surface area contributed by atoms with Gasteiger partial charge in [0.15, 0.2) is 5.75 Å².